The zero-order valence-corrected chi connectivity index (χ0v) is 16.1. The molecular weight excluding hydrogens is 382 g/mol. The first-order chi connectivity index (χ1) is 13.0. The maximum Gasteiger partial charge on any atom is 0.258 e. The highest BCUT2D eigenvalue weighted by molar-refractivity contribution is 8.15. The molecule has 27 heavy (non-hydrogen) atoms. The van der Waals surface area contributed by atoms with Crippen molar-refractivity contribution in [2.75, 3.05) is 28.6 Å². The lowest BCUT2D eigenvalue weighted by Crippen LogP contribution is -2.36. The molecule has 6 nitrogen and oxygen atoms in total. The first kappa shape index (κ1) is 16.8. The van der Waals surface area contributed by atoms with E-state index in [0.29, 0.717) is 23.8 Å². The van der Waals surface area contributed by atoms with E-state index >= 15 is 0 Å². The highest BCUT2D eigenvalue weighted by Crippen LogP contribution is 2.42. The second kappa shape index (κ2) is 6.10. The molecule has 5 rings (SSSR count). The summed E-state index contributed by atoms with van der Waals surface area (Å²) in [4.78, 5) is 17.8. The van der Waals surface area contributed by atoms with Gasteiger partial charge in [-0.05, 0) is 54.4 Å². The maximum absolute atomic E-state index is 13.2. The number of carbonyl (C=O) groups is 1. The predicted molar refractivity (Wildman–Crippen MR) is 107 cm³/mol. The van der Waals surface area contributed by atoms with Crippen molar-refractivity contribution >= 4 is 44.2 Å². The van der Waals surface area contributed by atoms with Crippen LogP contribution in [-0.4, -0.2) is 38.3 Å². The summed E-state index contributed by atoms with van der Waals surface area (Å²) in [6, 6.07) is 13.6. The number of amides is 1. The van der Waals surface area contributed by atoms with Crippen molar-refractivity contribution in [2.45, 2.75) is 17.7 Å². The molecule has 2 aromatic rings. The molecule has 0 atom stereocenters. The number of thioether (sulfide) groups is 1. The number of rotatable bonds is 1. The Bertz CT molecular complexity index is 1100. The summed E-state index contributed by atoms with van der Waals surface area (Å²) >= 11 is 1.31. The number of carbonyl (C=O) groups excluding carboxylic acids is 1. The molecule has 0 saturated carbocycles. The van der Waals surface area contributed by atoms with Crippen molar-refractivity contribution in [3.63, 3.8) is 0 Å². The molecule has 0 aromatic heterocycles. The minimum Gasteiger partial charge on any atom is -0.318 e. The van der Waals surface area contributed by atoms with Gasteiger partial charge in [0.05, 0.1) is 11.4 Å². The third kappa shape index (κ3) is 2.83. The third-order valence-corrected chi connectivity index (χ3v) is 7.38. The lowest BCUT2D eigenvalue weighted by Gasteiger charge is -2.29. The predicted octanol–water partition coefficient (Wildman–Crippen LogP) is 2.89. The van der Waals surface area contributed by atoms with E-state index in [-0.39, 0.29) is 11.7 Å². The molecule has 0 radical (unpaired) electrons. The van der Waals surface area contributed by atoms with Crippen molar-refractivity contribution in [1.29, 1.82) is 0 Å². The van der Waals surface area contributed by atoms with Gasteiger partial charge in [-0.1, -0.05) is 18.2 Å². The van der Waals surface area contributed by atoms with Crippen molar-refractivity contribution in [2.24, 2.45) is 4.40 Å². The van der Waals surface area contributed by atoms with E-state index in [1.54, 1.807) is 0 Å². The smallest absolute Gasteiger partial charge is 0.258 e. The number of benzene rings is 2. The molecular formula is C19H17N3O3S2. The summed E-state index contributed by atoms with van der Waals surface area (Å²) in [5.74, 6) is -0.00755. The SMILES string of the molecule is O=C(c1ccc2c(c1)SC1=NS(=O)(=O)CCN12)N1CCCc2ccccc21. The summed E-state index contributed by atoms with van der Waals surface area (Å²) in [7, 11) is -3.38. The Morgan fingerprint density at radius 3 is 2.81 bits per heavy atom. The summed E-state index contributed by atoms with van der Waals surface area (Å²) in [6.45, 7) is 1.10. The molecule has 0 saturated heterocycles. The van der Waals surface area contributed by atoms with Gasteiger partial charge in [0, 0.05) is 29.2 Å². The number of anilines is 2. The van der Waals surface area contributed by atoms with Gasteiger partial charge in [-0.25, -0.2) is 8.42 Å². The monoisotopic (exact) mass is 399 g/mol. The fourth-order valence-corrected chi connectivity index (χ4v) is 6.06. The van der Waals surface area contributed by atoms with E-state index in [0.717, 1.165) is 29.1 Å². The normalized spacial score (nSPS) is 19.8. The van der Waals surface area contributed by atoms with Crippen molar-refractivity contribution in [1.82, 2.24) is 0 Å². The Hall–Kier alpha value is -2.32. The second-order valence-corrected chi connectivity index (χ2v) is 9.55. The van der Waals surface area contributed by atoms with E-state index < -0.39 is 10.0 Å². The molecule has 2 aromatic carbocycles. The van der Waals surface area contributed by atoms with E-state index in [9.17, 15) is 13.2 Å². The van der Waals surface area contributed by atoms with Crippen LogP contribution in [0.25, 0.3) is 0 Å². The van der Waals surface area contributed by atoms with Gasteiger partial charge >= 0.3 is 0 Å². The molecule has 3 aliphatic rings. The Morgan fingerprint density at radius 1 is 1.07 bits per heavy atom. The van der Waals surface area contributed by atoms with Gasteiger partial charge in [0.1, 0.15) is 0 Å². The standard InChI is InChI=1S/C19H17N3O3S2/c23-18(21-9-3-5-13-4-1-2-6-15(13)21)14-7-8-16-17(12-14)26-19-20-27(24,25)11-10-22(16)19/h1-2,4,6-8,12H,3,5,9-11H2. The maximum atomic E-state index is 13.2. The van der Waals surface area contributed by atoms with Crippen LogP contribution in [0.15, 0.2) is 51.8 Å². The van der Waals surface area contributed by atoms with Crippen LogP contribution in [0.5, 0.6) is 0 Å². The van der Waals surface area contributed by atoms with E-state index in [1.807, 2.05) is 46.2 Å². The Morgan fingerprint density at radius 2 is 1.93 bits per heavy atom. The fraction of sp³-hybridized carbons (Fsp3) is 0.263. The molecule has 0 spiro atoms. The zero-order chi connectivity index (χ0) is 18.6. The molecule has 1 amide bonds. The van der Waals surface area contributed by atoms with Crippen LogP contribution in [0.2, 0.25) is 0 Å². The van der Waals surface area contributed by atoms with E-state index in [1.165, 1.54) is 17.3 Å². The number of aryl methyl sites for hydroxylation is 1. The fourth-order valence-electron chi connectivity index (χ4n) is 3.76. The number of fused-ring (bicyclic) bond motifs is 4. The number of sulfonamides is 1. The highest BCUT2D eigenvalue weighted by atomic mass is 32.2. The number of hydrogen-bond acceptors (Lipinski definition) is 5. The minimum atomic E-state index is -3.38. The van der Waals surface area contributed by atoms with Gasteiger partial charge in [-0.15, -0.1) is 4.40 Å². The van der Waals surface area contributed by atoms with Crippen LogP contribution >= 0.6 is 11.8 Å². The average molecular weight is 399 g/mol. The van der Waals surface area contributed by atoms with Crippen LogP contribution in [0.3, 0.4) is 0 Å². The summed E-state index contributed by atoms with van der Waals surface area (Å²) in [5, 5.41) is 0.476. The van der Waals surface area contributed by atoms with Gasteiger partial charge in [0.2, 0.25) is 0 Å². The van der Waals surface area contributed by atoms with Gasteiger partial charge in [-0.3, -0.25) is 4.79 Å². The topological polar surface area (TPSA) is 70.0 Å². The molecule has 0 bridgehead atoms. The molecule has 3 heterocycles. The molecule has 138 valence electrons. The zero-order valence-electron chi connectivity index (χ0n) is 14.5. The number of nitrogens with zero attached hydrogens (tertiary/aromatic N) is 3. The van der Waals surface area contributed by atoms with Crippen LogP contribution in [0.4, 0.5) is 11.4 Å². The van der Waals surface area contributed by atoms with Gasteiger partial charge in [0.25, 0.3) is 15.9 Å². The van der Waals surface area contributed by atoms with Crippen LogP contribution < -0.4 is 9.80 Å². The minimum absolute atomic E-state index is 0.0156. The highest BCUT2D eigenvalue weighted by Gasteiger charge is 2.34. The largest absolute Gasteiger partial charge is 0.318 e. The lowest BCUT2D eigenvalue weighted by atomic mass is 10.0. The van der Waals surface area contributed by atoms with Gasteiger partial charge in [-0.2, -0.15) is 0 Å². The molecule has 0 fully saturated rings. The van der Waals surface area contributed by atoms with Crippen molar-refractivity contribution < 1.29 is 13.2 Å². The quantitative estimate of drug-likeness (QED) is 0.737. The molecule has 0 aliphatic carbocycles. The van der Waals surface area contributed by atoms with Gasteiger partial charge < -0.3 is 9.80 Å². The molecule has 0 N–H and O–H groups in total. The van der Waals surface area contributed by atoms with Gasteiger partial charge in [0.15, 0.2) is 5.17 Å². The van der Waals surface area contributed by atoms with Crippen LogP contribution in [-0.2, 0) is 16.4 Å². The third-order valence-electron chi connectivity index (χ3n) is 5.08. The first-order valence-corrected chi connectivity index (χ1v) is 11.3. The summed E-state index contributed by atoms with van der Waals surface area (Å²) in [6.07, 6.45) is 1.94. The summed E-state index contributed by atoms with van der Waals surface area (Å²) < 4.78 is 27.4. The van der Waals surface area contributed by atoms with Crippen molar-refractivity contribution in [3.05, 3.63) is 53.6 Å². The van der Waals surface area contributed by atoms with E-state index in [4.69, 9.17) is 0 Å². The van der Waals surface area contributed by atoms with E-state index in [2.05, 4.69) is 10.5 Å². The second-order valence-electron chi connectivity index (χ2n) is 6.79. The summed E-state index contributed by atoms with van der Waals surface area (Å²) in [5.41, 5.74) is 3.71. The number of hydrogen-bond donors (Lipinski definition) is 0. The number of para-hydroxylation sites is 1. The molecule has 0 unspecified atom stereocenters. The Kier molecular flexibility index (Phi) is 3.80. The molecule has 3 aliphatic heterocycles. The van der Waals surface area contributed by atoms with Crippen LogP contribution in [0, 0.1) is 0 Å². The molecule has 8 heteroatoms. The Balaban J connectivity index is 1.49. The first-order valence-electron chi connectivity index (χ1n) is 8.84. The Labute approximate surface area is 161 Å². The van der Waals surface area contributed by atoms with Crippen molar-refractivity contribution in [3.8, 4) is 0 Å². The average Bonchev–Trinajstić information content (AvgIpc) is 3.02. The number of amidine groups is 1. The van der Waals surface area contributed by atoms with Crippen LogP contribution in [0.1, 0.15) is 22.3 Å². The lowest BCUT2D eigenvalue weighted by molar-refractivity contribution is 0.0985.